The van der Waals surface area contributed by atoms with E-state index in [0.29, 0.717) is 16.5 Å². The summed E-state index contributed by atoms with van der Waals surface area (Å²) in [4.78, 5) is 12.1. The zero-order chi connectivity index (χ0) is 17.8. The van der Waals surface area contributed by atoms with Crippen molar-refractivity contribution in [3.63, 3.8) is 0 Å². The molecule has 1 aromatic heterocycles. The first-order chi connectivity index (χ1) is 12.0. The first-order valence-electron chi connectivity index (χ1n) is 7.61. The number of nitrogens with zero attached hydrogens (tertiary/aromatic N) is 2. The second-order valence-corrected chi connectivity index (χ2v) is 5.99. The molecule has 0 radical (unpaired) electrons. The number of aromatic nitrogens is 2. The van der Waals surface area contributed by atoms with E-state index in [0.717, 1.165) is 16.7 Å². The van der Waals surface area contributed by atoms with Crippen LogP contribution in [0.4, 0.5) is 5.82 Å². The van der Waals surface area contributed by atoms with Crippen molar-refractivity contribution in [1.29, 1.82) is 0 Å². The molecule has 0 aliphatic heterocycles. The number of amides is 1. The maximum atomic E-state index is 12.1. The predicted octanol–water partition coefficient (Wildman–Crippen LogP) is 4.02. The molecule has 25 heavy (non-hydrogen) atoms. The van der Waals surface area contributed by atoms with Gasteiger partial charge >= 0.3 is 0 Å². The molecule has 2 aromatic carbocycles. The van der Waals surface area contributed by atoms with E-state index in [9.17, 15) is 4.79 Å². The number of carbonyl (C=O) groups is 1. The van der Waals surface area contributed by atoms with Gasteiger partial charge in [-0.2, -0.15) is 0 Å². The molecule has 0 unspecified atom stereocenters. The van der Waals surface area contributed by atoms with E-state index in [4.69, 9.17) is 21.0 Å². The smallest absolute Gasteiger partial charge is 0.263 e. The molecule has 3 rings (SSSR count). The first kappa shape index (κ1) is 17.0. The standard InChI is InChI=1S/C18H16ClN3O3/c1-11-3-8-15(9-12(11)2)24-10-16(23)20-18-17(21-25-22-18)13-4-6-14(19)7-5-13/h3-9H,10H2,1-2H3,(H,20,22,23). The number of rotatable bonds is 5. The summed E-state index contributed by atoms with van der Waals surface area (Å²) in [5.74, 6) is 0.509. The molecule has 1 heterocycles. The summed E-state index contributed by atoms with van der Waals surface area (Å²) in [6.07, 6.45) is 0. The van der Waals surface area contributed by atoms with Crippen molar-refractivity contribution in [2.24, 2.45) is 0 Å². The first-order valence-corrected chi connectivity index (χ1v) is 7.99. The highest BCUT2D eigenvalue weighted by molar-refractivity contribution is 6.30. The van der Waals surface area contributed by atoms with Crippen molar-refractivity contribution in [3.05, 3.63) is 58.6 Å². The van der Waals surface area contributed by atoms with E-state index in [1.165, 1.54) is 0 Å². The topological polar surface area (TPSA) is 77.2 Å². The van der Waals surface area contributed by atoms with Gasteiger partial charge in [-0.15, -0.1) is 0 Å². The SMILES string of the molecule is Cc1ccc(OCC(=O)Nc2nonc2-c2ccc(Cl)cc2)cc1C. The third-order valence-corrected chi connectivity index (χ3v) is 3.96. The lowest BCUT2D eigenvalue weighted by atomic mass is 10.1. The van der Waals surface area contributed by atoms with Gasteiger partial charge in [-0.05, 0) is 59.6 Å². The Hall–Kier alpha value is -2.86. The lowest BCUT2D eigenvalue weighted by Crippen LogP contribution is -2.20. The zero-order valence-corrected chi connectivity index (χ0v) is 14.5. The van der Waals surface area contributed by atoms with Crippen molar-refractivity contribution < 1.29 is 14.2 Å². The second-order valence-electron chi connectivity index (χ2n) is 5.55. The van der Waals surface area contributed by atoms with Crippen LogP contribution in [0.3, 0.4) is 0 Å². The van der Waals surface area contributed by atoms with Crippen LogP contribution < -0.4 is 10.1 Å². The highest BCUT2D eigenvalue weighted by Gasteiger charge is 2.15. The molecule has 1 amide bonds. The Morgan fingerprint density at radius 3 is 2.60 bits per heavy atom. The molecule has 128 valence electrons. The van der Waals surface area contributed by atoms with Gasteiger partial charge < -0.3 is 10.1 Å². The number of carbonyl (C=O) groups excluding carboxylic acids is 1. The third kappa shape index (κ3) is 4.16. The van der Waals surface area contributed by atoms with Gasteiger partial charge in [-0.25, -0.2) is 4.63 Å². The number of anilines is 1. The molecule has 0 spiro atoms. The van der Waals surface area contributed by atoms with Crippen molar-refractivity contribution >= 4 is 23.3 Å². The summed E-state index contributed by atoms with van der Waals surface area (Å²) >= 11 is 5.87. The van der Waals surface area contributed by atoms with Crippen LogP contribution in [0.5, 0.6) is 5.75 Å². The van der Waals surface area contributed by atoms with Crippen LogP contribution in [0.25, 0.3) is 11.3 Å². The van der Waals surface area contributed by atoms with E-state index in [-0.39, 0.29) is 18.3 Å². The van der Waals surface area contributed by atoms with Crippen LogP contribution >= 0.6 is 11.6 Å². The minimum Gasteiger partial charge on any atom is -0.484 e. The van der Waals surface area contributed by atoms with Crippen LogP contribution in [0.1, 0.15) is 11.1 Å². The Labute approximate surface area is 149 Å². The molecule has 3 aromatic rings. The summed E-state index contributed by atoms with van der Waals surface area (Å²) in [5.41, 5.74) is 3.42. The number of aryl methyl sites for hydroxylation is 2. The third-order valence-electron chi connectivity index (χ3n) is 3.71. The molecular weight excluding hydrogens is 342 g/mol. The summed E-state index contributed by atoms with van der Waals surface area (Å²) in [5, 5.41) is 10.8. The summed E-state index contributed by atoms with van der Waals surface area (Å²) in [7, 11) is 0. The number of ether oxygens (including phenoxy) is 1. The predicted molar refractivity (Wildman–Crippen MR) is 94.8 cm³/mol. The van der Waals surface area contributed by atoms with E-state index < -0.39 is 0 Å². The van der Waals surface area contributed by atoms with Crippen molar-refractivity contribution in [2.75, 3.05) is 11.9 Å². The van der Waals surface area contributed by atoms with E-state index in [1.807, 2.05) is 32.0 Å². The molecule has 0 saturated heterocycles. The average molecular weight is 358 g/mol. The van der Waals surface area contributed by atoms with E-state index in [2.05, 4.69) is 15.6 Å². The largest absolute Gasteiger partial charge is 0.484 e. The Morgan fingerprint density at radius 2 is 1.88 bits per heavy atom. The number of halogens is 1. The zero-order valence-electron chi connectivity index (χ0n) is 13.7. The van der Waals surface area contributed by atoms with E-state index in [1.54, 1.807) is 24.3 Å². The lowest BCUT2D eigenvalue weighted by molar-refractivity contribution is -0.118. The van der Waals surface area contributed by atoms with Gasteiger partial charge in [-0.3, -0.25) is 4.79 Å². The Morgan fingerprint density at radius 1 is 1.12 bits per heavy atom. The van der Waals surface area contributed by atoms with Gasteiger partial charge in [-0.1, -0.05) is 29.8 Å². The average Bonchev–Trinajstić information content (AvgIpc) is 3.05. The van der Waals surface area contributed by atoms with Crippen LogP contribution in [0.2, 0.25) is 5.02 Å². The van der Waals surface area contributed by atoms with Gasteiger partial charge in [0.2, 0.25) is 5.82 Å². The molecule has 7 heteroatoms. The fourth-order valence-electron chi connectivity index (χ4n) is 2.19. The van der Waals surface area contributed by atoms with Gasteiger partial charge in [0.05, 0.1) is 0 Å². The van der Waals surface area contributed by atoms with Crippen LogP contribution in [0, 0.1) is 13.8 Å². The number of nitrogens with one attached hydrogen (secondary N) is 1. The Bertz CT molecular complexity index is 891. The fraction of sp³-hybridized carbons (Fsp3) is 0.167. The van der Waals surface area contributed by atoms with Gasteiger partial charge in [0.15, 0.2) is 12.3 Å². The molecule has 0 aliphatic carbocycles. The van der Waals surface area contributed by atoms with Crippen LogP contribution in [0.15, 0.2) is 47.1 Å². The quantitative estimate of drug-likeness (QED) is 0.746. The molecule has 1 N–H and O–H groups in total. The van der Waals surface area contributed by atoms with Crippen molar-refractivity contribution in [1.82, 2.24) is 10.3 Å². The van der Waals surface area contributed by atoms with E-state index >= 15 is 0 Å². The summed E-state index contributed by atoms with van der Waals surface area (Å²) < 4.78 is 10.2. The minimum atomic E-state index is -0.357. The molecule has 6 nitrogen and oxygen atoms in total. The number of benzene rings is 2. The van der Waals surface area contributed by atoms with Crippen LogP contribution in [-0.2, 0) is 4.79 Å². The molecule has 0 aliphatic rings. The van der Waals surface area contributed by atoms with Gasteiger partial charge in [0.1, 0.15) is 5.75 Å². The molecular formula is C18H16ClN3O3. The van der Waals surface area contributed by atoms with Crippen LogP contribution in [-0.4, -0.2) is 22.8 Å². The summed E-state index contributed by atoms with van der Waals surface area (Å²) in [6, 6.07) is 12.6. The Kier molecular flexibility index (Phi) is 5.00. The maximum absolute atomic E-state index is 12.1. The molecule has 0 fully saturated rings. The van der Waals surface area contributed by atoms with Gasteiger partial charge in [0.25, 0.3) is 5.91 Å². The monoisotopic (exact) mass is 357 g/mol. The number of hydrogen-bond donors (Lipinski definition) is 1. The number of hydrogen-bond acceptors (Lipinski definition) is 5. The Balaban J connectivity index is 1.64. The maximum Gasteiger partial charge on any atom is 0.263 e. The van der Waals surface area contributed by atoms with Crippen molar-refractivity contribution in [2.45, 2.75) is 13.8 Å². The van der Waals surface area contributed by atoms with Crippen molar-refractivity contribution in [3.8, 4) is 17.0 Å². The highest BCUT2D eigenvalue weighted by Crippen LogP contribution is 2.25. The molecule has 0 saturated carbocycles. The highest BCUT2D eigenvalue weighted by atomic mass is 35.5. The normalized spacial score (nSPS) is 10.5. The minimum absolute atomic E-state index is 0.143. The second kappa shape index (κ2) is 7.36. The molecule has 0 bridgehead atoms. The lowest BCUT2D eigenvalue weighted by Gasteiger charge is -2.08. The van der Waals surface area contributed by atoms with Gasteiger partial charge in [0, 0.05) is 10.6 Å². The fourth-order valence-corrected chi connectivity index (χ4v) is 2.31. The summed E-state index contributed by atoms with van der Waals surface area (Å²) in [6.45, 7) is 3.86. The molecule has 0 atom stereocenters.